The average Bonchev–Trinajstić information content (AvgIpc) is 2.70. The Morgan fingerprint density at radius 3 is 2.80 bits per heavy atom. The van der Waals surface area contributed by atoms with E-state index >= 15 is 0 Å². The van der Waals surface area contributed by atoms with Crippen molar-refractivity contribution in [3.05, 3.63) is 17.0 Å². The zero-order valence-electron chi connectivity index (χ0n) is 7.86. The predicted molar refractivity (Wildman–Crippen MR) is 46.2 cm³/mol. The first kappa shape index (κ1) is 9.21. The molecule has 15 heavy (non-hydrogen) atoms. The van der Waals surface area contributed by atoms with E-state index < -0.39 is 11.9 Å². The Morgan fingerprint density at radius 2 is 2.07 bits per heavy atom. The number of rotatable bonds is 0. The van der Waals surface area contributed by atoms with Crippen LogP contribution in [0, 0.1) is 0 Å². The largest absolute Gasteiger partial charge is 0.435 e. The number of nitrogens with one attached hydrogen (secondary N) is 2. The third kappa shape index (κ3) is 1.27. The minimum Gasteiger partial charge on any atom is -0.307 e. The van der Waals surface area contributed by atoms with Gasteiger partial charge < -0.3 is 5.32 Å². The number of hydrogen-bond donors (Lipinski definition) is 2. The third-order valence-corrected chi connectivity index (χ3v) is 3.19. The van der Waals surface area contributed by atoms with Crippen LogP contribution in [0.25, 0.3) is 0 Å². The van der Waals surface area contributed by atoms with Crippen LogP contribution in [-0.4, -0.2) is 16.2 Å². The molecular formula is C9H10F3N3. The first-order chi connectivity index (χ1) is 7.05. The molecule has 2 atom stereocenters. The van der Waals surface area contributed by atoms with Crippen molar-refractivity contribution >= 4 is 0 Å². The molecule has 0 aliphatic carbocycles. The lowest BCUT2D eigenvalue weighted by atomic mass is 10.00. The number of alkyl halides is 3. The van der Waals surface area contributed by atoms with Crippen molar-refractivity contribution in [3.63, 3.8) is 0 Å². The molecule has 1 aromatic heterocycles. The summed E-state index contributed by atoms with van der Waals surface area (Å²) in [5.74, 6) is 0. The fraction of sp³-hybridized carbons (Fsp3) is 0.667. The summed E-state index contributed by atoms with van der Waals surface area (Å²) in [4.78, 5) is 0. The predicted octanol–water partition coefficient (Wildman–Crippen LogP) is 1.78. The Bertz CT molecular complexity index is 396. The molecule has 0 spiro atoms. The van der Waals surface area contributed by atoms with Gasteiger partial charge in [0.05, 0.1) is 0 Å². The molecule has 2 N–H and O–H groups in total. The van der Waals surface area contributed by atoms with Crippen LogP contribution in [0.15, 0.2) is 0 Å². The van der Waals surface area contributed by atoms with Gasteiger partial charge >= 0.3 is 6.18 Å². The summed E-state index contributed by atoms with van der Waals surface area (Å²) in [6, 6.07) is 0.165. The van der Waals surface area contributed by atoms with Crippen LogP contribution in [0.4, 0.5) is 13.2 Å². The van der Waals surface area contributed by atoms with Crippen molar-refractivity contribution < 1.29 is 13.2 Å². The molecular weight excluding hydrogens is 207 g/mol. The van der Waals surface area contributed by atoms with Crippen molar-refractivity contribution in [2.45, 2.75) is 37.5 Å². The molecule has 3 heterocycles. The molecule has 0 amide bonds. The van der Waals surface area contributed by atoms with Gasteiger partial charge in [-0.2, -0.15) is 18.3 Å². The number of fused-ring (bicyclic) bond motifs is 4. The number of H-pyrrole nitrogens is 1. The molecule has 3 rings (SSSR count). The van der Waals surface area contributed by atoms with Gasteiger partial charge in [-0.3, -0.25) is 5.10 Å². The molecule has 2 bridgehead atoms. The Labute approximate surface area is 84.1 Å². The van der Waals surface area contributed by atoms with Crippen molar-refractivity contribution in [2.24, 2.45) is 0 Å². The molecule has 2 aliphatic heterocycles. The smallest absolute Gasteiger partial charge is 0.307 e. The zero-order chi connectivity index (χ0) is 10.6. The summed E-state index contributed by atoms with van der Waals surface area (Å²) in [5.41, 5.74) is 0.264. The van der Waals surface area contributed by atoms with E-state index in [1.54, 1.807) is 0 Å². The third-order valence-electron chi connectivity index (χ3n) is 3.19. The zero-order valence-corrected chi connectivity index (χ0v) is 7.86. The Balaban J connectivity index is 2.10. The van der Waals surface area contributed by atoms with E-state index in [2.05, 4.69) is 15.5 Å². The Kier molecular flexibility index (Phi) is 1.69. The molecule has 0 radical (unpaired) electrons. The second kappa shape index (κ2) is 2.75. The van der Waals surface area contributed by atoms with Gasteiger partial charge in [0.2, 0.25) is 0 Å². The summed E-state index contributed by atoms with van der Waals surface area (Å²) >= 11 is 0. The molecule has 0 saturated carbocycles. The van der Waals surface area contributed by atoms with Crippen LogP contribution in [0.5, 0.6) is 0 Å². The van der Waals surface area contributed by atoms with Crippen LogP contribution in [0.3, 0.4) is 0 Å². The van der Waals surface area contributed by atoms with Crippen molar-refractivity contribution in [2.75, 3.05) is 0 Å². The van der Waals surface area contributed by atoms with E-state index in [-0.39, 0.29) is 6.04 Å². The Hall–Kier alpha value is -1.04. The standard InChI is InChI=1S/C9H10F3N3/c10-9(11,12)8-7-5-2-1-4(13-5)3-6(7)14-15-8/h4-5,13H,1-3H2,(H,14,15)/t4-,5-/m1/s1. The van der Waals surface area contributed by atoms with Gasteiger partial charge in [-0.05, 0) is 12.8 Å². The lowest BCUT2D eigenvalue weighted by molar-refractivity contribution is -0.142. The van der Waals surface area contributed by atoms with Crippen molar-refractivity contribution in [1.82, 2.24) is 15.5 Å². The molecule has 1 saturated heterocycles. The normalized spacial score (nSPS) is 29.3. The quantitative estimate of drug-likeness (QED) is 0.695. The minimum atomic E-state index is -4.35. The summed E-state index contributed by atoms with van der Waals surface area (Å²) in [6.45, 7) is 0. The summed E-state index contributed by atoms with van der Waals surface area (Å²) in [7, 11) is 0. The van der Waals surface area contributed by atoms with Crippen LogP contribution in [-0.2, 0) is 12.6 Å². The highest BCUT2D eigenvalue weighted by Crippen LogP contribution is 2.41. The maximum Gasteiger partial charge on any atom is 0.435 e. The lowest BCUT2D eigenvalue weighted by Crippen LogP contribution is -2.32. The number of hydrogen-bond acceptors (Lipinski definition) is 2. The number of nitrogens with zero attached hydrogens (tertiary/aromatic N) is 1. The maximum atomic E-state index is 12.6. The molecule has 0 aromatic carbocycles. The summed E-state index contributed by atoms with van der Waals surface area (Å²) in [6.07, 6.45) is -1.99. The van der Waals surface area contributed by atoms with Gasteiger partial charge in [0, 0.05) is 29.8 Å². The first-order valence-electron chi connectivity index (χ1n) is 4.96. The monoisotopic (exact) mass is 217 g/mol. The number of aromatic amines is 1. The average molecular weight is 217 g/mol. The minimum absolute atomic E-state index is 0.158. The van der Waals surface area contributed by atoms with E-state index in [1.165, 1.54) is 0 Å². The fourth-order valence-corrected chi connectivity index (χ4v) is 2.59. The summed E-state index contributed by atoms with van der Waals surface area (Å²) < 4.78 is 37.9. The second-order valence-corrected chi connectivity index (χ2v) is 4.16. The van der Waals surface area contributed by atoms with Crippen LogP contribution in [0.2, 0.25) is 0 Å². The Morgan fingerprint density at radius 1 is 1.27 bits per heavy atom. The highest BCUT2D eigenvalue weighted by molar-refractivity contribution is 5.35. The van der Waals surface area contributed by atoms with Crippen LogP contribution >= 0.6 is 0 Å². The van der Waals surface area contributed by atoms with Crippen molar-refractivity contribution in [1.29, 1.82) is 0 Å². The van der Waals surface area contributed by atoms with E-state index in [1.807, 2.05) is 0 Å². The summed E-state index contributed by atoms with van der Waals surface area (Å²) in [5, 5.41) is 9.11. The van der Waals surface area contributed by atoms with Crippen molar-refractivity contribution in [3.8, 4) is 0 Å². The van der Waals surface area contributed by atoms with E-state index in [4.69, 9.17) is 0 Å². The lowest BCUT2D eigenvalue weighted by Gasteiger charge is -2.22. The van der Waals surface area contributed by atoms with Gasteiger partial charge in [-0.15, -0.1) is 0 Å². The first-order valence-corrected chi connectivity index (χ1v) is 4.96. The molecule has 82 valence electrons. The maximum absolute atomic E-state index is 12.6. The second-order valence-electron chi connectivity index (χ2n) is 4.16. The number of aromatic nitrogens is 2. The SMILES string of the molecule is FC(F)(F)c1n[nH]c2c1[C@H]1CC[C@H](C2)N1. The fourth-order valence-electron chi connectivity index (χ4n) is 2.59. The van der Waals surface area contributed by atoms with Gasteiger partial charge in [0.15, 0.2) is 5.69 Å². The van der Waals surface area contributed by atoms with E-state index in [0.717, 1.165) is 12.8 Å². The molecule has 1 aromatic rings. The number of halogens is 3. The molecule has 3 nitrogen and oxygen atoms in total. The van der Waals surface area contributed by atoms with Gasteiger partial charge in [0.25, 0.3) is 0 Å². The topological polar surface area (TPSA) is 40.7 Å². The highest BCUT2D eigenvalue weighted by Gasteiger charge is 2.44. The van der Waals surface area contributed by atoms with E-state index in [9.17, 15) is 13.2 Å². The van der Waals surface area contributed by atoms with Crippen LogP contribution in [0.1, 0.15) is 35.8 Å². The van der Waals surface area contributed by atoms with Crippen LogP contribution < -0.4 is 5.32 Å². The molecule has 6 heteroatoms. The van der Waals surface area contributed by atoms with E-state index in [0.29, 0.717) is 23.7 Å². The van der Waals surface area contributed by atoms with Gasteiger partial charge in [-0.1, -0.05) is 0 Å². The molecule has 2 aliphatic rings. The molecule has 0 unspecified atom stereocenters. The van der Waals surface area contributed by atoms with Gasteiger partial charge in [-0.25, -0.2) is 0 Å². The highest BCUT2D eigenvalue weighted by atomic mass is 19.4. The molecule has 1 fully saturated rings. The van der Waals surface area contributed by atoms with Gasteiger partial charge in [0.1, 0.15) is 0 Å².